The van der Waals surface area contributed by atoms with Crippen molar-refractivity contribution in [2.75, 3.05) is 45.2 Å². The summed E-state index contributed by atoms with van der Waals surface area (Å²) >= 11 is 0. The third kappa shape index (κ3) is 9.28. The number of hydrogen-bond donors (Lipinski definition) is 3. The number of benzene rings is 1. The van der Waals surface area contributed by atoms with Crippen LogP contribution in [-0.4, -0.2) is 56.8 Å². The van der Waals surface area contributed by atoms with Crippen molar-refractivity contribution < 1.29 is 9.53 Å². The molecule has 7 nitrogen and oxygen atoms in total. The van der Waals surface area contributed by atoms with E-state index < -0.39 is 6.09 Å². The summed E-state index contributed by atoms with van der Waals surface area (Å²) in [6, 6.07) is 7.59. The van der Waals surface area contributed by atoms with Gasteiger partial charge in [0.2, 0.25) is 0 Å². The number of rotatable bonds is 7. The summed E-state index contributed by atoms with van der Waals surface area (Å²) in [6.07, 6.45) is 3.52. The maximum absolute atomic E-state index is 11.2. The largest absolute Gasteiger partial charge is 0.453 e. The molecular weight excluding hydrogens is 457 g/mol. The maximum atomic E-state index is 11.2. The van der Waals surface area contributed by atoms with Crippen LogP contribution in [0.2, 0.25) is 0 Å². The van der Waals surface area contributed by atoms with E-state index in [0.29, 0.717) is 12.2 Å². The molecule has 1 aliphatic rings. The van der Waals surface area contributed by atoms with E-state index in [2.05, 4.69) is 37.5 Å². The molecular formula is C19H32IN5O2. The van der Waals surface area contributed by atoms with Crippen LogP contribution in [0.1, 0.15) is 31.7 Å². The molecule has 0 spiro atoms. The number of methoxy groups -OCH3 is 1. The Kier molecular flexibility index (Phi) is 11.8. The number of piperidine rings is 1. The highest BCUT2D eigenvalue weighted by Crippen LogP contribution is 2.11. The van der Waals surface area contributed by atoms with Gasteiger partial charge in [-0.15, -0.1) is 24.0 Å². The van der Waals surface area contributed by atoms with E-state index in [-0.39, 0.29) is 24.0 Å². The fourth-order valence-electron chi connectivity index (χ4n) is 2.89. The fraction of sp³-hybridized carbons (Fsp3) is 0.579. The van der Waals surface area contributed by atoms with Gasteiger partial charge < -0.3 is 20.3 Å². The SMILES string of the molecule is CCNC(=NCc1ccc(NC(=O)OC)cc1)NCCN1CCCCC1.I. The Hall–Kier alpha value is -1.55. The third-order valence-electron chi connectivity index (χ3n) is 4.32. The van der Waals surface area contributed by atoms with Gasteiger partial charge >= 0.3 is 6.09 Å². The van der Waals surface area contributed by atoms with Crippen LogP contribution in [0, 0.1) is 0 Å². The number of likely N-dealkylation sites (tertiary alicyclic amines) is 1. The number of ether oxygens (including phenoxy) is 1. The summed E-state index contributed by atoms with van der Waals surface area (Å²) in [4.78, 5) is 18.3. The van der Waals surface area contributed by atoms with Crippen molar-refractivity contribution >= 4 is 41.7 Å². The molecule has 1 heterocycles. The lowest BCUT2D eigenvalue weighted by molar-refractivity contribution is 0.187. The number of amides is 1. The second kappa shape index (κ2) is 13.6. The van der Waals surface area contributed by atoms with Gasteiger partial charge in [-0.25, -0.2) is 9.79 Å². The minimum atomic E-state index is -0.469. The van der Waals surface area contributed by atoms with E-state index in [1.807, 2.05) is 24.3 Å². The number of aliphatic imine (C=N–C) groups is 1. The van der Waals surface area contributed by atoms with E-state index >= 15 is 0 Å². The Bertz CT molecular complexity index is 574. The molecule has 0 aliphatic carbocycles. The van der Waals surface area contributed by atoms with Crippen LogP contribution in [0.15, 0.2) is 29.3 Å². The minimum absolute atomic E-state index is 0. The van der Waals surface area contributed by atoms with Crippen molar-refractivity contribution in [3.8, 4) is 0 Å². The lowest BCUT2D eigenvalue weighted by Gasteiger charge is -2.26. The second-order valence-corrected chi connectivity index (χ2v) is 6.34. The zero-order chi connectivity index (χ0) is 18.6. The number of halogens is 1. The van der Waals surface area contributed by atoms with Gasteiger partial charge in [0.15, 0.2) is 5.96 Å². The second-order valence-electron chi connectivity index (χ2n) is 6.34. The number of guanidine groups is 1. The number of hydrogen-bond acceptors (Lipinski definition) is 4. The molecule has 1 fully saturated rings. The Morgan fingerprint density at radius 2 is 1.85 bits per heavy atom. The summed E-state index contributed by atoms with van der Waals surface area (Å²) in [5, 5.41) is 9.33. The molecule has 1 saturated heterocycles. The van der Waals surface area contributed by atoms with Crippen LogP contribution < -0.4 is 16.0 Å². The molecule has 0 bridgehead atoms. The molecule has 27 heavy (non-hydrogen) atoms. The van der Waals surface area contributed by atoms with Crippen LogP contribution in [0.3, 0.4) is 0 Å². The first-order valence-corrected chi connectivity index (χ1v) is 9.39. The maximum Gasteiger partial charge on any atom is 0.411 e. The molecule has 3 N–H and O–H groups in total. The molecule has 1 aliphatic heterocycles. The highest BCUT2D eigenvalue weighted by atomic mass is 127. The van der Waals surface area contributed by atoms with Crippen LogP contribution in [-0.2, 0) is 11.3 Å². The van der Waals surface area contributed by atoms with Crippen LogP contribution in [0.4, 0.5) is 10.5 Å². The van der Waals surface area contributed by atoms with Gasteiger partial charge in [0, 0.05) is 25.3 Å². The average Bonchev–Trinajstić information content (AvgIpc) is 2.68. The van der Waals surface area contributed by atoms with Gasteiger partial charge in [0.25, 0.3) is 0 Å². The van der Waals surface area contributed by atoms with E-state index in [9.17, 15) is 4.79 Å². The number of anilines is 1. The minimum Gasteiger partial charge on any atom is -0.453 e. The van der Waals surface area contributed by atoms with Gasteiger partial charge in [-0.3, -0.25) is 5.32 Å². The van der Waals surface area contributed by atoms with Crippen LogP contribution in [0.5, 0.6) is 0 Å². The van der Waals surface area contributed by atoms with Crippen molar-refractivity contribution in [3.05, 3.63) is 29.8 Å². The van der Waals surface area contributed by atoms with Crippen molar-refractivity contribution in [2.24, 2.45) is 4.99 Å². The Balaban J connectivity index is 0.00000364. The first-order valence-electron chi connectivity index (χ1n) is 9.39. The normalized spacial score (nSPS) is 14.8. The number of nitrogens with one attached hydrogen (secondary N) is 3. The monoisotopic (exact) mass is 489 g/mol. The summed E-state index contributed by atoms with van der Waals surface area (Å²) in [5.74, 6) is 0.835. The van der Waals surface area contributed by atoms with Gasteiger partial charge in [-0.1, -0.05) is 18.6 Å². The van der Waals surface area contributed by atoms with Gasteiger partial charge in [-0.05, 0) is 50.6 Å². The first kappa shape index (κ1) is 23.5. The summed E-state index contributed by atoms with van der Waals surface area (Å²) in [5.41, 5.74) is 1.78. The molecule has 0 radical (unpaired) electrons. The Labute approximate surface area is 179 Å². The molecule has 0 aromatic heterocycles. The Morgan fingerprint density at radius 1 is 1.15 bits per heavy atom. The predicted octanol–water partition coefficient (Wildman–Crippen LogP) is 3.02. The molecule has 1 aromatic carbocycles. The number of nitrogens with zero attached hydrogens (tertiary/aromatic N) is 2. The van der Waals surface area contributed by atoms with Crippen molar-refractivity contribution in [1.82, 2.24) is 15.5 Å². The third-order valence-corrected chi connectivity index (χ3v) is 4.32. The van der Waals surface area contributed by atoms with Crippen molar-refractivity contribution in [1.29, 1.82) is 0 Å². The molecule has 1 aromatic rings. The predicted molar refractivity (Wildman–Crippen MR) is 121 cm³/mol. The first-order chi connectivity index (χ1) is 12.7. The molecule has 1 amide bonds. The Morgan fingerprint density at radius 3 is 2.48 bits per heavy atom. The lowest BCUT2D eigenvalue weighted by atomic mass is 10.1. The van der Waals surface area contributed by atoms with Gasteiger partial charge in [0.05, 0.1) is 13.7 Å². The topological polar surface area (TPSA) is 78.0 Å². The molecule has 152 valence electrons. The average molecular weight is 489 g/mol. The quantitative estimate of drug-likeness (QED) is 0.312. The smallest absolute Gasteiger partial charge is 0.411 e. The fourth-order valence-corrected chi connectivity index (χ4v) is 2.89. The van der Waals surface area contributed by atoms with E-state index in [4.69, 9.17) is 0 Å². The number of carbonyl (C=O) groups is 1. The summed E-state index contributed by atoms with van der Waals surface area (Å²) < 4.78 is 4.58. The van der Waals surface area contributed by atoms with Crippen LogP contribution >= 0.6 is 24.0 Å². The summed E-state index contributed by atoms with van der Waals surface area (Å²) in [6.45, 7) is 7.85. The highest BCUT2D eigenvalue weighted by Gasteiger charge is 2.09. The zero-order valence-corrected chi connectivity index (χ0v) is 18.6. The molecule has 0 atom stereocenters. The molecule has 0 saturated carbocycles. The van der Waals surface area contributed by atoms with E-state index in [1.165, 1.54) is 39.5 Å². The summed E-state index contributed by atoms with van der Waals surface area (Å²) in [7, 11) is 1.35. The lowest BCUT2D eigenvalue weighted by Crippen LogP contribution is -2.42. The molecule has 2 rings (SSSR count). The van der Waals surface area contributed by atoms with Crippen LogP contribution in [0.25, 0.3) is 0 Å². The molecule has 8 heteroatoms. The highest BCUT2D eigenvalue weighted by molar-refractivity contribution is 14.0. The van der Waals surface area contributed by atoms with E-state index in [1.54, 1.807) is 0 Å². The standard InChI is InChI=1S/C19H31N5O2.HI/c1-3-20-18(21-11-14-24-12-5-4-6-13-24)22-15-16-7-9-17(10-8-16)23-19(25)26-2;/h7-10H,3-6,11-15H2,1-2H3,(H,23,25)(H2,20,21,22);1H. The van der Waals surface area contributed by atoms with Gasteiger partial charge in [-0.2, -0.15) is 0 Å². The van der Waals surface area contributed by atoms with Crippen molar-refractivity contribution in [3.63, 3.8) is 0 Å². The molecule has 0 unspecified atom stereocenters. The van der Waals surface area contributed by atoms with E-state index in [0.717, 1.165) is 31.2 Å². The van der Waals surface area contributed by atoms with Gasteiger partial charge in [0.1, 0.15) is 0 Å². The number of carbonyl (C=O) groups excluding carboxylic acids is 1. The van der Waals surface area contributed by atoms with Crippen molar-refractivity contribution in [2.45, 2.75) is 32.7 Å². The zero-order valence-electron chi connectivity index (χ0n) is 16.3.